The van der Waals surface area contributed by atoms with Gasteiger partial charge in [-0.1, -0.05) is 46.1 Å². The summed E-state index contributed by atoms with van der Waals surface area (Å²) in [6, 6.07) is 21.2. The Hall–Kier alpha value is -3.82. The van der Waals surface area contributed by atoms with Gasteiger partial charge in [-0.3, -0.25) is 0 Å². The second-order valence-corrected chi connectivity index (χ2v) is 9.02. The van der Waals surface area contributed by atoms with Gasteiger partial charge in [0.25, 0.3) is 0 Å². The highest BCUT2D eigenvalue weighted by atomic mass is 17.1. The molecule has 0 bridgehead atoms. The molecule has 0 atom stereocenters. The fourth-order valence-corrected chi connectivity index (χ4v) is 5.33. The van der Waals surface area contributed by atoms with Crippen LogP contribution in [0.5, 0.6) is 23.0 Å². The highest BCUT2D eigenvalue weighted by Gasteiger charge is 2.42. The van der Waals surface area contributed by atoms with Gasteiger partial charge >= 0.3 is 0 Å². The Morgan fingerprint density at radius 3 is 0.784 bits per heavy atom. The molecule has 0 aromatic heterocycles. The van der Waals surface area contributed by atoms with Crippen LogP contribution in [0.3, 0.4) is 0 Å². The van der Waals surface area contributed by atoms with Crippen molar-refractivity contribution in [2.24, 2.45) is 0 Å². The molecule has 12 heteroatoms. The van der Waals surface area contributed by atoms with Crippen molar-refractivity contribution in [3.63, 3.8) is 0 Å². The summed E-state index contributed by atoms with van der Waals surface area (Å²) in [6.45, 7) is 0. The van der Waals surface area contributed by atoms with E-state index in [2.05, 4.69) is 19.6 Å². The monoisotopic (exact) mass is 496 g/mol. The van der Waals surface area contributed by atoms with E-state index in [1.165, 1.54) is 0 Å². The lowest BCUT2D eigenvalue weighted by atomic mass is 9.56. The van der Waals surface area contributed by atoms with Crippen LogP contribution in [0.4, 0.5) is 0 Å². The molecule has 0 aliphatic heterocycles. The van der Waals surface area contributed by atoms with Gasteiger partial charge in [0.1, 0.15) is 31.4 Å². The van der Waals surface area contributed by atoms with Gasteiger partial charge in [0, 0.05) is 0 Å². The molecule has 0 unspecified atom stereocenters. The topological polar surface area (TPSA) is 118 Å². The Labute approximate surface area is 217 Å². The maximum absolute atomic E-state index is 9.30. The Morgan fingerprint density at radius 2 is 0.622 bits per heavy atom. The van der Waals surface area contributed by atoms with Crippen LogP contribution in [0.2, 0.25) is 0 Å². The summed E-state index contributed by atoms with van der Waals surface area (Å²) >= 11 is 0. The molecule has 0 saturated carbocycles. The minimum atomic E-state index is -0.952. The van der Waals surface area contributed by atoms with E-state index in [-0.39, 0.29) is 23.0 Å². The average molecular weight is 496 g/mol. The summed E-state index contributed by atoms with van der Waals surface area (Å²) in [5.41, 5.74) is 5.91. The van der Waals surface area contributed by atoms with Gasteiger partial charge in [0.2, 0.25) is 0 Å². The van der Waals surface area contributed by atoms with Crippen molar-refractivity contribution < 1.29 is 40.6 Å². The third-order valence-corrected chi connectivity index (χ3v) is 6.83. The first-order valence-corrected chi connectivity index (χ1v) is 11.5. The molecular weight excluding hydrogens is 472 g/mol. The maximum Gasteiger partial charge on any atom is 0.164 e. The predicted octanol–water partition coefficient (Wildman–Crippen LogP) is -1.49. The van der Waals surface area contributed by atoms with E-state index in [1.807, 2.05) is 55.7 Å². The maximum atomic E-state index is 9.30. The number of benzene rings is 4. The van der Waals surface area contributed by atoms with Crippen LogP contribution in [-0.4, -0.2) is 52.4 Å². The molecule has 0 spiro atoms. The van der Waals surface area contributed by atoms with Crippen molar-refractivity contribution in [1.82, 2.24) is 0 Å². The molecule has 0 aliphatic carbocycles. The number of rotatable bonds is 8. The predicted molar refractivity (Wildman–Crippen MR) is 150 cm³/mol. The van der Waals surface area contributed by atoms with E-state index in [0.29, 0.717) is 0 Å². The number of hydrogen-bond donors (Lipinski definition) is 4. The summed E-state index contributed by atoms with van der Waals surface area (Å²) in [5.74, 6) is 1.16. The zero-order valence-electron chi connectivity index (χ0n) is 20.9. The summed E-state index contributed by atoms with van der Waals surface area (Å²) in [7, 11) is 7.70. The summed E-state index contributed by atoms with van der Waals surface area (Å²) in [6.07, 6.45) is 0. The Morgan fingerprint density at radius 1 is 0.405 bits per heavy atom. The molecule has 0 heterocycles. The quantitative estimate of drug-likeness (QED) is 0.101. The Kier molecular flexibility index (Phi) is 7.56. The van der Waals surface area contributed by atoms with Crippen LogP contribution in [0.25, 0.3) is 0 Å². The molecular formula is C25H24B4O8. The smallest absolute Gasteiger partial charge is 0.164 e. The van der Waals surface area contributed by atoms with Crippen molar-refractivity contribution in [3.05, 3.63) is 95.1 Å². The number of hydrogen-bond acceptors (Lipinski definition) is 8. The second kappa shape index (κ2) is 10.7. The third-order valence-electron chi connectivity index (χ3n) is 6.83. The Bertz CT molecular complexity index is 1230. The molecule has 37 heavy (non-hydrogen) atoms. The molecule has 0 radical (unpaired) electrons. The molecule has 0 aliphatic rings. The molecule has 4 rings (SSSR count). The molecule has 184 valence electrons. The van der Waals surface area contributed by atoms with Gasteiger partial charge < -0.3 is 19.6 Å². The van der Waals surface area contributed by atoms with E-state index in [4.69, 9.17) is 0 Å². The molecule has 0 fully saturated rings. The van der Waals surface area contributed by atoms with Crippen LogP contribution in [0, 0.1) is 0 Å². The zero-order chi connectivity index (χ0) is 26.7. The van der Waals surface area contributed by atoms with Crippen molar-refractivity contribution in [2.45, 2.75) is 5.41 Å². The first-order valence-electron chi connectivity index (χ1n) is 11.5. The van der Waals surface area contributed by atoms with Gasteiger partial charge in [-0.25, -0.2) is 21.0 Å². The van der Waals surface area contributed by atoms with Gasteiger partial charge in [-0.2, -0.15) is 0 Å². The normalized spacial score (nSPS) is 11.1. The minimum absolute atomic E-state index is 0.289. The van der Waals surface area contributed by atoms with Crippen LogP contribution < -0.4 is 41.4 Å². The van der Waals surface area contributed by atoms with Crippen molar-refractivity contribution in [3.8, 4) is 23.0 Å². The summed E-state index contributed by atoms with van der Waals surface area (Å²) in [5, 5.41) is 37.2. The van der Waals surface area contributed by atoms with Gasteiger partial charge in [0.15, 0.2) is 23.0 Å². The van der Waals surface area contributed by atoms with Crippen LogP contribution in [0.15, 0.2) is 72.8 Å². The van der Waals surface area contributed by atoms with Crippen LogP contribution in [0.1, 0.15) is 22.3 Å². The largest absolute Gasteiger partial charge is 0.340 e. The Balaban J connectivity index is 2.24. The van der Waals surface area contributed by atoms with Crippen molar-refractivity contribution in [1.29, 1.82) is 0 Å². The van der Waals surface area contributed by atoms with E-state index >= 15 is 0 Å². The molecule has 4 N–H and O–H groups in total. The molecule has 4 aromatic carbocycles. The van der Waals surface area contributed by atoms with E-state index < -0.39 is 5.41 Å². The SMILES string of the molecule is Bc1cc(OO)ccc1C(c1ccc(OO)cc1B)(c1ccc(OO)cc1B)c1ccc(OO)cc1B. The minimum Gasteiger partial charge on any atom is -0.340 e. The van der Waals surface area contributed by atoms with Gasteiger partial charge in [-0.05, 0) is 70.8 Å². The standard InChI is InChI=1S/C25H24B4O8/c26-21-9-13(34-30)1-5-17(21)25(18-6-2-14(35-31)10-22(18)27,19-7-3-15(36-32)11-23(19)28)20-8-4-16(37-33)12-24(20)29/h1-12,30-33H,26-29H2. The fraction of sp³-hybridized carbons (Fsp3) is 0.0400. The first-order chi connectivity index (χ1) is 17.8. The lowest BCUT2D eigenvalue weighted by Crippen LogP contribution is -2.45. The van der Waals surface area contributed by atoms with Crippen molar-refractivity contribution in [2.75, 3.05) is 0 Å². The van der Waals surface area contributed by atoms with E-state index in [1.54, 1.807) is 48.5 Å². The second-order valence-electron chi connectivity index (χ2n) is 9.02. The zero-order valence-corrected chi connectivity index (χ0v) is 20.9. The molecule has 0 amide bonds. The molecule has 8 nitrogen and oxygen atoms in total. The summed E-state index contributed by atoms with van der Waals surface area (Å²) < 4.78 is 0. The third kappa shape index (κ3) is 4.56. The molecule has 0 saturated heterocycles. The van der Waals surface area contributed by atoms with Crippen molar-refractivity contribution >= 4 is 53.2 Å². The lowest BCUT2D eigenvalue weighted by Gasteiger charge is -2.41. The van der Waals surface area contributed by atoms with Gasteiger partial charge in [-0.15, -0.1) is 0 Å². The van der Waals surface area contributed by atoms with Crippen LogP contribution in [-0.2, 0) is 5.41 Å². The average Bonchev–Trinajstić information content (AvgIpc) is 2.91. The van der Waals surface area contributed by atoms with E-state index in [0.717, 1.165) is 44.1 Å². The van der Waals surface area contributed by atoms with Gasteiger partial charge in [0.05, 0.1) is 5.41 Å². The fourth-order valence-electron chi connectivity index (χ4n) is 5.33. The van der Waals surface area contributed by atoms with E-state index in [9.17, 15) is 21.0 Å². The lowest BCUT2D eigenvalue weighted by molar-refractivity contribution is -0.137. The molecule has 4 aromatic rings. The highest BCUT2D eigenvalue weighted by molar-refractivity contribution is 6.38. The first kappa shape index (κ1) is 26.2. The highest BCUT2D eigenvalue weighted by Crippen LogP contribution is 2.44. The van der Waals surface area contributed by atoms with Crippen LogP contribution >= 0.6 is 0 Å². The summed E-state index contributed by atoms with van der Waals surface area (Å²) in [4.78, 5) is 18.0.